The Hall–Kier alpha value is -2.07. The minimum atomic E-state index is -1.69. The zero-order valence-corrected chi connectivity index (χ0v) is 34.3. The number of ether oxygens (including phenoxy) is 2. The van der Waals surface area contributed by atoms with Crippen molar-refractivity contribution in [2.75, 3.05) is 13.2 Å². The van der Waals surface area contributed by atoms with E-state index < -0.39 is 42.7 Å². The molecule has 0 aliphatic heterocycles. The van der Waals surface area contributed by atoms with Gasteiger partial charge in [0, 0.05) is 6.42 Å². The molecule has 0 aromatic rings. The molecule has 312 valence electrons. The predicted molar refractivity (Wildman–Crippen MR) is 216 cm³/mol. The van der Waals surface area contributed by atoms with Gasteiger partial charge in [0.2, 0.25) is 5.91 Å². The zero-order valence-electron chi connectivity index (χ0n) is 34.3. The van der Waals surface area contributed by atoms with Crippen LogP contribution in [0.1, 0.15) is 226 Å². The Balaban J connectivity index is 4.23. The second-order valence-electron chi connectivity index (χ2n) is 15.3. The Labute approximate surface area is 324 Å². The number of carbonyl (C=O) groups excluding carboxylic acids is 2. The number of amides is 1. The van der Waals surface area contributed by atoms with Crippen molar-refractivity contribution in [2.45, 2.75) is 244 Å². The van der Waals surface area contributed by atoms with Gasteiger partial charge < -0.3 is 25.0 Å². The average Bonchev–Trinajstić information content (AvgIpc) is 3.14. The highest BCUT2D eigenvalue weighted by atomic mass is 16.6. The average molecular weight is 755 g/mol. The first-order valence-corrected chi connectivity index (χ1v) is 22.1. The molecule has 10 heteroatoms. The molecular weight excluding hydrogens is 672 g/mol. The number of aliphatic hydroxyl groups excluding tert-OH is 1. The van der Waals surface area contributed by atoms with Crippen molar-refractivity contribution in [3.8, 4) is 0 Å². The molecule has 3 unspecified atom stereocenters. The van der Waals surface area contributed by atoms with E-state index in [0.717, 1.165) is 32.1 Å². The molecule has 0 aliphatic carbocycles. The van der Waals surface area contributed by atoms with Gasteiger partial charge in [-0.05, 0) is 19.3 Å². The van der Waals surface area contributed by atoms with Crippen LogP contribution in [0.3, 0.4) is 0 Å². The second kappa shape index (κ2) is 39.6. The van der Waals surface area contributed by atoms with E-state index in [9.17, 15) is 24.4 Å². The standard InChI is InChI=1S/C43H82N2O8/c1-3-5-7-9-11-13-15-17-19-21-23-25-27-29-31-33-41(47)52-37-38(36-44-40(46)35-39(45-51)43(49)50)53-42(48)34-32-30-28-26-24-22-20-18-16-14-12-10-8-6-4-2/h38-39,41,47H,3-37H2,1-2H3,(H,44,46)(H,49,50). The van der Waals surface area contributed by atoms with E-state index in [1.807, 2.05) is 0 Å². The molecule has 1 amide bonds. The molecule has 0 aliphatic rings. The van der Waals surface area contributed by atoms with Crippen molar-refractivity contribution in [1.82, 2.24) is 5.32 Å². The number of aliphatic carboxylic acids is 1. The van der Waals surface area contributed by atoms with Crippen LogP contribution in [0.15, 0.2) is 5.18 Å². The van der Waals surface area contributed by atoms with Crippen LogP contribution in [0.2, 0.25) is 0 Å². The highest BCUT2D eigenvalue weighted by Crippen LogP contribution is 2.16. The summed E-state index contributed by atoms with van der Waals surface area (Å²) >= 11 is 0. The van der Waals surface area contributed by atoms with Gasteiger partial charge in [-0.1, -0.05) is 199 Å². The maximum absolute atomic E-state index is 12.6. The fourth-order valence-corrected chi connectivity index (χ4v) is 6.66. The van der Waals surface area contributed by atoms with Gasteiger partial charge >= 0.3 is 11.9 Å². The number of aliphatic hydroxyl groups is 1. The van der Waals surface area contributed by atoms with Crippen LogP contribution in [0, 0.1) is 4.91 Å². The number of esters is 1. The number of unbranched alkanes of at least 4 members (excludes halogenated alkanes) is 28. The molecule has 0 spiro atoms. The predicted octanol–water partition coefficient (Wildman–Crippen LogP) is 11.5. The minimum absolute atomic E-state index is 0.112. The Morgan fingerprint density at radius 1 is 0.585 bits per heavy atom. The Bertz CT molecular complexity index is 858. The minimum Gasteiger partial charge on any atom is -0.480 e. The third kappa shape index (κ3) is 36.7. The van der Waals surface area contributed by atoms with Crippen LogP contribution in [-0.2, 0) is 23.9 Å². The highest BCUT2D eigenvalue weighted by Gasteiger charge is 2.23. The van der Waals surface area contributed by atoms with Crippen LogP contribution in [0.5, 0.6) is 0 Å². The lowest BCUT2D eigenvalue weighted by atomic mass is 10.0. The number of rotatable bonds is 42. The van der Waals surface area contributed by atoms with E-state index >= 15 is 0 Å². The molecule has 0 heterocycles. The van der Waals surface area contributed by atoms with E-state index in [1.54, 1.807) is 0 Å². The van der Waals surface area contributed by atoms with Crippen molar-refractivity contribution in [3.05, 3.63) is 4.91 Å². The van der Waals surface area contributed by atoms with Gasteiger partial charge in [0.1, 0.15) is 6.10 Å². The van der Waals surface area contributed by atoms with Gasteiger partial charge in [0.15, 0.2) is 12.3 Å². The molecule has 0 saturated carbocycles. The molecular formula is C43H82N2O8. The van der Waals surface area contributed by atoms with Gasteiger partial charge in [-0.2, -0.15) is 0 Å². The Kier molecular flexibility index (Phi) is 38.1. The molecule has 10 nitrogen and oxygen atoms in total. The van der Waals surface area contributed by atoms with E-state index in [-0.39, 0.29) is 19.6 Å². The van der Waals surface area contributed by atoms with Crippen LogP contribution >= 0.6 is 0 Å². The maximum Gasteiger partial charge on any atom is 0.332 e. The molecule has 0 bridgehead atoms. The van der Waals surface area contributed by atoms with Crippen molar-refractivity contribution in [1.29, 1.82) is 0 Å². The molecule has 0 radical (unpaired) electrons. The van der Waals surface area contributed by atoms with Gasteiger partial charge in [0.25, 0.3) is 0 Å². The Morgan fingerprint density at radius 2 is 0.962 bits per heavy atom. The van der Waals surface area contributed by atoms with E-state index in [4.69, 9.17) is 14.6 Å². The van der Waals surface area contributed by atoms with Crippen LogP contribution < -0.4 is 5.32 Å². The first kappa shape index (κ1) is 50.9. The SMILES string of the molecule is CCCCCCCCCCCCCCCCCC(=O)OC(CNC(=O)CC(N=O)C(=O)O)COC(O)CCCCCCCCCCCCCCCCC. The summed E-state index contributed by atoms with van der Waals surface area (Å²) in [6, 6.07) is -1.69. The fourth-order valence-electron chi connectivity index (χ4n) is 6.66. The molecule has 0 fully saturated rings. The Morgan fingerprint density at radius 3 is 1.34 bits per heavy atom. The highest BCUT2D eigenvalue weighted by molar-refractivity contribution is 5.84. The quantitative estimate of drug-likeness (QED) is 0.0241. The summed E-state index contributed by atoms with van der Waals surface area (Å²) < 4.78 is 11.2. The largest absolute Gasteiger partial charge is 0.480 e. The van der Waals surface area contributed by atoms with Crippen LogP contribution in [0.25, 0.3) is 0 Å². The third-order valence-electron chi connectivity index (χ3n) is 10.1. The van der Waals surface area contributed by atoms with Crippen LogP contribution in [0.4, 0.5) is 0 Å². The first-order chi connectivity index (χ1) is 25.8. The summed E-state index contributed by atoms with van der Waals surface area (Å²) in [6.45, 7) is 4.27. The topological polar surface area (TPSA) is 152 Å². The summed E-state index contributed by atoms with van der Waals surface area (Å²) in [7, 11) is 0. The molecule has 0 aromatic carbocycles. The fraction of sp³-hybridized carbons (Fsp3) is 0.930. The van der Waals surface area contributed by atoms with Gasteiger partial charge in [-0.15, -0.1) is 4.91 Å². The summed E-state index contributed by atoms with van der Waals surface area (Å²) in [4.78, 5) is 46.7. The third-order valence-corrected chi connectivity index (χ3v) is 10.1. The summed E-state index contributed by atoms with van der Waals surface area (Å²) in [5.74, 6) is -2.58. The lowest BCUT2D eigenvalue weighted by Gasteiger charge is -2.21. The summed E-state index contributed by atoms with van der Waals surface area (Å²) in [5.41, 5.74) is 0. The van der Waals surface area contributed by atoms with Crippen LogP contribution in [-0.4, -0.2) is 59.6 Å². The number of hydrogen-bond acceptors (Lipinski definition) is 8. The summed E-state index contributed by atoms with van der Waals surface area (Å²) in [6.07, 6.45) is 35.7. The smallest absolute Gasteiger partial charge is 0.332 e. The van der Waals surface area contributed by atoms with E-state index in [0.29, 0.717) is 12.8 Å². The van der Waals surface area contributed by atoms with E-state index in [2.05, 4.69) is 24.3 Å². The van der Waals surface area contributed by atoms with Gasteiger partial charge in [-0.3, -0.25) is 9.59 Å². The molecule has 3 N–H and O–H groups in total. The lowest BCUT2D eigenvalue weighted by Crippen LogP contribution is -2.40. The molecule has 0 rings (SSSR count). The van der Waals surface area contributed by atoms with E-state index in [1.165, 1.54) is 154 Å². The van der Waals surface area contributed by atoms with Crippen molar-refractivity contribution < 1.29 is 34.1 Å². The number of hydrogen-bond donors (Lipinski definition) is 3. The number of nitroso groups, excluding NO2 is 1. The molecule has 0 saturated heterocycles. The normalized spacial score (nSPS) is 13.0. The maximum atomic E-state index is 12.6. The number of nitrogens with one attached hydrogen (secondary N) is 1. The molecule has 53 heavy (non-hydrogen) atoms. The first-order valence-electron chi connectivity index (χ1n) is 22.1. The number of carboxylic acids is 1. The van der Waals surface area contributed by atoms with Gasteiger partial charge in [-0.25, -0.2) is 4.79 Å². The lowest BCUT2D eigenvalue weighted by molar-refractivity contribution is -0.163. The second-order valence-corrected chi connectivity index (χ2v) is 15.3. The number of nitrogens with zero attached hydrogens (tertiary/aromatic N) is 1. The van der Waals surface area contributed by atoms with Crippen molar-refractivity contribution in [3.63, 3.8) is 0 Å². The molecule has 3 atom stereocenters. The number of carbonyl (C=O) groups is 3. The van der Waals surface area contributed by atoms with Crippen molar-refractivity contribution in [2.24, 2.45) is 5.18 Å². The van der Waals surface area contributed by atoms with Crippen molar-refractivity contribution >= 4 is 17.8 Å². The monoisotopic (exact) mass is 755 g/mol. The zero-order chi connectivity index (χ0) is 39.0. The molecule has 0 aromatic heterocycles. The summed E-state index contributed by atoms with van der Waals surface area (Å²) in [5, 5.41) is 24.4. The van der Waals surface area contributed by atoms with Gasteiger partial charge in [0.05, 0.1) is 19.6 Å². The number of carboxylic acid groups (broad SMARTS) is 1.